The number of aromatic nitrogens is 2. The summed E-state index contributed by atoms with van der Waals surface area (Å²) in [6.07, 6.45) is 0. The zero-order valence-corrected chi connectivity index (χ0v) is 15.9. The van der Waals surface area contributed by atoms with Crippen LogP contribution in [0.1, 0.15) is 5.56 Å². The number of nitriles is 1. The SMILES string of the molecule is N#Cc1c(SC/C(=N/N)NN)nc(=O)[nH]c1N1CCN(c2ccccc2)CC1. The molecule has 3 rings (SSSR count). The quantitative estimate of drug-likeness (QED) is 0.134. The molecule has 0 spiro atoms. The van der Waals surface area contributed by atoms with E-state index >= 15 is 0 Å². The molecule has 6 N–H and O–H groups in total. The number of rotatable bonds is 5. The van der Waals surface area contributed by atoms with Gasteiger partial charge in [0.25, 0.3) is 0 Å². The van der Waals surface area contributed by atoms with E-state index in [1.807, 2.05) is 23.1 Å². The maximum absolute atomic E-state index is 12.1. The normalized spacial score (nSPS) is 14.6. The summed E-state index contributed by atoms with van der Waals surface area (Å²) in [6, 6.07) is 12.3. The number of thioether (sulfide) groups is 1. The summed E-state index contributed by atoms with van der Waals surface area (Å²) < 4.78 is 0. The van der Waals surface area contributed by atoms with E-state index in [1.165, 1.54) is 11.8 Å². The Morgan fingerprint density at radius 2 is 1.96 bits per heavy atom. The Kier molecular flexibility index (Phi) is 6.36. The van der Waals surface area contributed by atoms with Crippen molar-refractivity contribution in [3.05, 3.63) is 46.4 Å². The third-order valence-electron chi connectivity index (χ3n) is 4.38. The number of amidine groups is 1. The molecule has 1 fully saturated rings. The van der Waals surface area contributed by atoms with Crippen LogP contribution >= 0.6 is 11.8 Å². The zero-order valence-electron chi connectivity index (χ0n) is 15.1. The Hall–Kier alpha value is -3.23. The predicted octanol–water partition coefficient (Wildman–Crippen LogP) is -0.204. The summed E-state index contributed by atoms with van der Waals surface area (Å²) in [5, 5.41) is 13.5. The molecule has 10 nitrogen and oxygen atoms in total. The third-order valence-corrected chi connectivity index (χ3v) is 5.36. The van der Waals surface area contributed by atoms with Crippen LogP contribution in [0.2, 0.25) is 0 Å². The molecule has 1 aliphatic rings. The van der Waals surface area contributed by atoms with E-state index in [0.717, 1.165) is 18.8 Å². The van der Waals surface area contributed by atoms with Crippen molar-refractivity contribution in [2.24, 2.45) is 16.8 Å². The van der Waals surface area contributed by atoms with Gasteiger partial charge in [-0.1, -0.05) is 30.0 Å². The lowest BCUT2D eigenvalue weighted by atomic mass is 10.2. The highest BCUT2D eigenvalue weighted by atomic mass is 32.2. The van der Waals surface area contributed by atoms with Crippen molar-refractivity contribution in [2.75, 3.05) is 41.7 Å². The molecule has 1 aromatic carbocycles. The number of hydrazine groups is 1. The number of piperazine rings is 1. The Morgan fingerprint density at radius 1 is 1.29 bits per heavy atom. The summed E-state index contributed by atoms with van der Waals surface area (Å²) >= 11 is 1.17. The molecule has 0 unspecified atom stereocenters. The van der Waals surface area contributed by atoms with Crippen LogP contribution in [0.15, 0.2) is 45.3 Å². The molecule has 0 saturated carbocycles. The number of anilines is 2. The van der Waals surface area contributed by atoms with Crippen LogP contribution in [0.3, 0.4) is 0 Å². The molecule has 0 radical (unpaired) electrons. The maximum Gasteiger partial charge on any atom is 0.347 e. The number of H-pyrrole nitrogens is 1. The van der Waals surface area contributed by atoms with Crippen LogP contribution in [0, 0.1) is 11.3 Å². The smallest absolute Gasteiger partial charge is 0.347 e. The van der Waals surface area contributed by atoms with Crippen molar-refractivity contribution < 1.29 is 0 Å². The molecule has 1 aromatic heterocycles. The number of hydrogen-bond acceptors (Lipinski definition) is 9. The first-order valence-corrected chi connectivity index (χ1v) is 9.60. The highest BCUT2D eigenvalue weighted by molar-refractivity contribution is 8.00. The minimum atomic E-state index is -0.506. The predicted molar refractivity (Wildman–Crippen MR) is 110 cm³/mol. The number of nitrogens with zero attached hydrogens (tertiary/aromatic N) is 5. The van der Waals surface area contributed by atoms with Gasteiger partial charge in [0.2, 0.25) is 0 Å². The molecule has 146 valence electrons. The van der Waals surface area contributed by atoms with Gasteiger partial charge in [-0.15, -0.1) is 0 Å². The fourth-order valence-electron chi connectivity index (χ4n) is 2.96. The average molecular weight is 399 g/mol. The molecule has 1 saturated heterocycles. The summed E-state index contributed by atoms with van der Waals surface area (Å²) in [6.45, 7) is 2.91. The van der Waals surface area contributed by atoms with Crippen LogP contribution in [-0.2, 0) is 0 Å². The highest BCUT2D eigenvalue weighted by Gasteiger charge is 2.23. The first-order chi connectivity index (χ1) is 13.7. The summed E-state index contributed by atoms with van der Waals surface area (Å²) in [5.74, 6) is 11.6. The zero-order chi connectivity index (χ0) is 19.9. The molecule has 2 heterocycles. The second-order valence-corrected chi connectivity index (χ2v) is 6.97. The second-order valence-electron chi connectivity index (χ2n) is 6.00. The maximum atomic E-state index is 12.1. The van der Waals surface area contributed by atoms with Crippen molar-refractivity contribution in [3.8, 4) is 6.07 Å². The summed E-state index contributed by atoms with van der Waals surface area (Å²) in [4.78, 5) is 23.0. The van der Waals surface area contributed by atoms with E-state index in [-0.39, 0.29) is 5.75 Å². The van der Waals surface area contributed by atoms with Gasteiger partial charge in [0.05, 0.1) is 5.75 Å². The standard InChI is InChI=1S/C17H21N9OS/c18-10-13-15(21-17(27)22-16(13)28-11-14(23-19)24-20)26-8-6-25(7-9-26)12-4-2-1-3-5-12/h1-5H,6-9,11,19-20H2,(H,23,24)(H,21,22,27). The third kappa shape index (κ3) is 4.36. The summed E-state index contributed by atoms with van der Waals surface area (Å²) in [5.41, 5.74) is 3.34. The van der Waals surface area contributed by atoms with Gasteiger partial charge in [-0.25, -0.2) is 10.6 Å². The molecule has 0 amide bonds. The van der Waals surface area contributed by atoms with Gasteiger partial charge in [0.1, 0.15) is 28.3 Å². The van der Waals surface area contributed by atoms with E-state index in [2.05, 4.69) is 43.6 Å². The first kappa shape index (κ1) is 19.5. The lowest BCUT2D eigenvalue weighted by Crippen LogP contribution is -2.47. The number of nitrogens with two attached hydrogens (primary N) is 2. The molecule has 0 aliphatic carbocycles. The number of para-hydroxylation sites is 1. The minimum absolute atomic E-state index is 0.263. The van der Waals surface area contributed by atoms with Crippen molar-refractivity contribution in [2.45, 2.75) is 5.03 Å². The fraction of sp³-hybridized carbons (Fsp3) is 0.294. The van der Waals surface area contributed by atoms with Gasteiger partial charge in [0, 0.05) is 31.9 Å². The van der Waals surface area contributed by atoms with Gasteiger partial charge >= 0.3 is 5.69 Å². The minimum Gasteiger partial charge on any atom is -0.368 e. The van der Waals surface area contributed by atoms with Crippen LogP contribution < -0.4 is 32.6 Å². The van der Waals surface area contributed by atoms with Gasteiger partial charge in [0.15, 0.2) is 0 Å². The molecular formula is C17H21N9OS. The number of nitrogens with one attached hydrogen (secondary N) is 2. The van der Waals surface area contributed by atoms with E-state index in [0.29, 0.717) is 35.3 Å². The largest absolute Gasteiger partial charge is 0.368 e. The Balaban J connectivity index is 1.79. The lowest BCUT2D eigenvalue weighted by Gasteiger charge is -2.37. The van der Waals surface area contributed by atoms with Gasteiger partial charge in [-0.2, -0.15) is 15.3 Å². The van der Waals surface area contributed by atoms with Crippen molar-refractivity contribution in [1.82, 2.24) is 15.4 Å². The second kappa shape index (κ2) is 9.12. The van der Waals surface area contributed by atoms with Gasteiger partial charge in [-0.3, -0.25) is 4.98 Å². The van der Waals surface area contributed by atoms with E-state index < -0.39 is 5.69 Å². The Bertz CT molecular complexity index is 930. The monoisotopic (exact) mass is 399 g/mol. The number of benzene rings is 1. The fourth-order valence-corrected chi connectivity index (χ4v) is 3.83. The average Bonchev–Trinajstić information content (AvgIpc) is 2.75. The molecule has 28 heavy (non-hydrogen) atoms. The molecule has 0 atom stereocenters. The topological polar surface area (TPSA) is 152 Å². The molecule has 2 aromatic rings. The molecule has 1 aliphatic heterocycles. The van der Waals surface area contributed by atoms with E-state index in [4.69, 9.17) is 11.7 Å². The highest BCUT2D eigenvalue weighted by Crippen LogP contribution is 2.27. The molecule has 11 heteroatoms. The molecule has 0 bridgehead atoms. The number of hydrazone groups is 1. The van der Waals surface area contributed by atoms with Gasteiger partial charge < -0.3 is 21.1 Å². The van der Waals surface area contributed by atoms with Crippen LogP contribution in [0.4, 0.5) is 11.5 Å². The summed E-state index contributed by atoms with van der Waals surface area (Å²) in [7, 11) is 0. The van der Waals surface area contributed by atoms with Gasteiger partial charge in [-0.05, 0) is 12.1 Å². The van der Waals surface area contributed by atoms with Crippen LogP contribution in [-0.4, -0.2) is 47.7 Å². The van der Waals surface area contributed by atoms with Crippen molar-refractivity contribution >= 4 is 29.1 Å². The van der Waals surface area contributed by atoms with E-state index in [9.17, 15) is 10.1 Å². The number of hydrogen-bond donors (Lipinski definition) is 4. The Morgan fingerprint density at radius 3 is 2.57 bits per heavy atom. The van der Waals surface area contributed by atoms with Crippen molar-refractivity contribution in [1.29, 1.82) is 5.26 Å². The first-order valence-electron chi connectivity index (χ1n) is 8.61. The Labute approximate surface area is 166 Å². The number of aromatic amines is 1. The van der Waals surface area contributed by atoms with Crippen LogP contribution in [0.25, 0.3) is 0 Å². The van der Waals surface area contributed by atoms with Crippen LogP contribution in [0.5, 0.6) is 0 Å². The lowest BCUT2D eigenvalue weighted by molar-refractivity contribution is 0.643. The molecular weight excluding hydrogens is 378 g/mol. The van der Waals surface area contributed by atoms with E-state index in [1.54, 1.807) is 0 Å². The van der Waals surface area contributed by atoms with Crippen molar-refractivity contribution in [3.63, 3.8) is 0 Å².